The lowest BCUT2D eigenvalue weighted by Crippen LogP contribution is -2.26. The molecule has 1 atom stereocenters. The molecule has 2 aromatic heterocycles. The molecule has 174 valence electrons. The van der Waals surface area contributed by atoms with Crippen molar-refractivity contribution in [1.82, 2.24) is 0 Å². The third-order valence-corrected chi connectivity index (χ3v) is 7.46. The van der Waals surface area contributed by atoms with E-state index in [-0.39, 0.29) is 11.0 Å². The van der Waals surface area contributed by atoms with E-state index in [1.165, 1.54) is 31.6 Å². The maximum absolute atomic E-state index is 13.1. The third kappa shape index (κ3) is 4.39. The maximum atomic E-state index is 13.1. The van der Waals surface area contributed by atoms with E-state index in [0.29, 0.717) is 33.2 Å². The van der Waals surface area contributed by atoms with Crippen LogP contribution in [-0.2, 0) is 17.6 Å². The molecule has 1 aliphatic carbocycles. The van der Waals surface area contributed by atoms with Crippen molar-refractivity contribution in [2.45, 2.75) is 40.0 Å². The quantitative estimate of drug-likeness (QED) is 0.424. The van der Waals surface area contributed by atoms with Gasteiger partial charge in [-0.05, 0) is 60.4 Å². The van der Waals surface area contributed by atoms with Crippen molar-refractivity contribution in [3.63, 3.8) is 0 Å². The molecule has 3 aromatic rings. The van der Waals surface area contributed by atoms with Gasteiger partial charge in [-0.15, -0.1) is 11.3 Å². The molecule has 1 aromatic carbocycles. The Morgan fingerprint density at radius 1 is 1.18 bits per heavy atom. The first-order valence-corrected chi connectivity index (χ1v) is 11.6. The van der Waals surface area contributed by atoms with Gasteiger partial charge in [-0.3, -0.25) is 4.79 Å². The summed E-state index contributed by atoms with van der Waals surface area (Å²) in [5, 5.41) is 3.73. The number of fused-ring (bicyclic) bond motifs is 2. The number of thiophene rings is 1. The Kier molecular flexibility index (Phi) is 6.05. The van der Waals surface area contributed by atoms with Crippen LogP contribution < -0.4 is 15.7 Å². The zero-order valence-electron chi connectivity index (χ0n) is 19.4. The van der Waals surface area contributed by atoms with Crippen molar-refractivity contribution >= 4 is 39.2 Å². The predicted molar refractivity (Wildman–Crippen MR) is 128 cm³/mol. The van der Waals surface area contributed by atoms with Gasteiger partial charge in [0.2, 0.25) is 0 Å². The van der Waals surface area contributed by atoms with E-state index in [4.69, 9.17) is 13.9 Å². The topological polar surface area (TPSA) is 94.8 Å². The highest BCUT2D eigenvalue weighted by atomic mass is 32.1. The van der Waals surface area contributed by atoms with E-state index in [2.05, 4.69) is 26.1 Å². The molecule has 7 nitrogen and oxygen atoms in total. The monoisotopic (exact) mass is 469 g/mol. The van der Waals surface area contributed by atoms with Crippen LogP contribution in [0.2, 0.25) is 0 Å². The standard InChI is InChI=1S/C25H27NO6S/c1-25(2,3)14-6-8-16-19(12-14)33-22(20(16)24(29)31-5)26-21(27)17-11-13-10-15(30-4)7-9-18(13)32-23(17)28/h7,9-11,14H,6,8,12H2,1-5H3,(H,26,27)/t14-/m1/s1. The number of benzene rings is 1. The minimum absolute atomic E-state index is 0.141. The molecule has 1 aliphatic rings. The van der Waals surface area contributed by atoms with Crippen molar-refractivity contribution in [3.05, 3.63) is 56.3 Å². The zero-order chi connectivity index (χ0) is 23.9. The van der Waals surface area contributed by atoms with Crippen LogP contribution in [0.1, 0.15) is 58.3 Å². The molecule has 0 radical (unpaired) electrons. The highest BCUT2D eigenvalue weighted by Gasteiger charge is 2.34. The Balaban J connectivity index is 1.71. The molecule has 0 fully saturated rings. The lowest BCUT2D eigenvalue weighted by Gasteiger charge is -2.33. The summed E-state index contributed by atoms with van der Waals surface area (Å²) >= 11 is 1.38. The number of hydrogen-bond donors (Lipinski definition) is 1. The van der Waals surface area contributed by atoms with Crippen LogP contribution in [0.5, 0.6) is 5.75 Å². The highest BCUT2D eigenvalue weighted by Crippen LogP contribution is 2.44. The van der Waals surface area contributed by atoms with Crippen LogP contribution in [0, 0.1) is 11.3 Å². The molecule has 0 saturated heterocycles. The number of ether oxygens (including phenoxy) is 2. The number of anilines is 1. The fourth-order valence-electron chi connectivity index (χ4n) is 4.29. The molecule has 0 spiro atoms. The summed E-state index contributed by atoms with van der Waals surface area (Å²) in [6.45, 7) is 6.65. The molecule has 1 amide bonds. The van der Waals surface area contributed by atoms with Crippen molar-refractivity contribution in [3.8, 4) is 5.75 Å². The fourth-order valence-corrected chi connectivity index (χ4v) is 5.60. The van der Waals surface area contributed by atoms with E-state index in [0.717, 1.165) is 29.7 Å². The smallest absolute Gasteiger partial charge is 0.349 e. The number of amides is 1. The molecular weight excluding hydrogens is 442 g/mol. The summed E-state index contributed by atoms with van der Waals surface area (Å²) in [6, 6.07) is 6.45. The van der Waals surface area contributed by atoms with Gasteiger partial charge in [-0.25, -0.2) is 9.59 Å². The first-order valence-electron chi connectivity index (χ1n) is 10.8. The second-order valence-corrected chi connectivity index (χ2v) is 10.4. The highest BCUT2D eigenvalue weighted by molar-refractivity contribution is 7.17. The van der Waals surface area contributed by atoms with Crippen LogP contribution in [0.4, 0.5) is 5.00 Å². The largest absolute Gasteiger partial charge is 0.497 e. The van der Waals surface area contributed by atoms with Gasteiger partial charge in [0.05, 0.1) is 19.8 Å². The summed E-state index contributed by atoms with van der Waals surface area (Å²) < 4.78 is 15.5. The van der Waals surface area contributed by atoms with E-state index >= 15 is 0 Å². The Morgan fingerprint density at radius 2 is 1.94 bits per heavy atom. The zero-order valence-corrected chi connectivity index (χ0v) is 20.2. The van der Waals surface area contributed by atoms with Crippen LogP contribution in [0.25, 0.3) is 11.0 Å². The molecule has 2 heterocycles. The SMILES string of the molecule is COC(=O)c1c(NC(=O)c2cc3cc(OC)ccc3oc2=O)sc2c1CC[C@@H](C(C)(C)C)C2. The van der Waals surface area contributed by atoms with E-state index in [1.54, 1.807) is 18.2 Å². The predicted octanol–water partition coefficient (Wildman–Crippen LogP) is 5.05. The normalized spacial score (nSPS) is 15.7. The van der Waals surface area contributed by atoms with Gasteiger partial charge in [0.25, 0.3) is 5.91 Å². The van der Waals surface area contributed by atoms with Crippen molar-refractivity contribution in [1.29, 1.82) is 0 Å². The Hall–Kier alpha value is -3.13. The maximum Gasteiger partial charge on any atom is 0.349 e. The molecule has 0 bridgehead atoms. The molecule has 33 heavy (non-hydrogen) atoms. The molecule has 8 heteroatoms. The number of carbonyl (C=O) groups is 2. The Labute approximate surface area is 195 Å². The molecule has 4 rings (SSSR count). The summed E-state index contributed by atoms with van der Waals surface area (Å²) in [5.74, 6) is -0.0767. The van der Waals surface area contributed by atoms with Crippen LogP contribution in [-0.4, -0.2) is 26.1 Å². The number of methoxy groups -OCH3 is 2. The van der Waals surface area contributed by atoms with Crippen LogP contribution in [0.15, 0.2) is 33.5 Å². The molecule has 0 unspecified atom stereocenters. The summed E-state index contributed by atoms with van der Waals surface area (Å²) in [6.07, 6.45) is 2.54. The first-order chi connectivity index (χ1) is 15.6. The summed E-state index contributed by atoms with van der Waals surface area (Å²) in [5.41, 5.74) is 0.904. The number of esters is 1. The van der Waals surface area contributed by atoms with Crippen molar-refractivity contribution in [2.24, 2.45) is 11.3 Å². The second kappa shape index (κ2) is 8.67. The Morgan fingerprint density at radius 3 is 2.61 bits per heavy atom. The average Bonchev–Trinajstić information content (AvgIpc) is 3.14. The van der Waals surface area contributed by atoms with Crippen LogP contribution in [0.3, 0.4) is 0 Å². The number of nitrogens with one attached hydrogen (secondary N) is 1. The lowest BCUT2D eigenvalue weighted by atomic mass is 9.72. The van der Waals surface area contributed by atoms with Gasteiger partial charge in [-0.2, -0.15) is 0 Å². The summed E-state index contributed by atoms with van der Waals surface area (Å²) in [7, 11) is 2.86. The van der Waals surface area contributed by atoms with Gasteiger partial charge in [-0.1, -0.05) is 20.8 Å². The van der Waals surface area contributed by atoms with E-state index < -0.39 is 17.5 Å². The van der Waals surface area contributed by atoms with Gasteiger partial charge < -0.3 is 19.2 Å². The average molecular weight is 470 g/mol. The lowest BCUT2D eigenvalue weighted by molar-refractivity contribution is 0.0600. The van der Waals surface area contributed by atoms with Gasteiger partial charge >= 0.3 is 11.6 Å². The molecule has 1 N–H and O–H groups in total. The second-order valence-electron chi connectivity index (χ2n) is 9.31. The number of hydrogen-bond acceptors (Lipinski definition) is 7. The van der Waals surface area contributed by atoms with Crippen molar-refractivity contribution < 1.29 is 23.5 Å². The Bertz CT molecular complexity index is 1300. The van der Waals surface area contributed by atoms with E-state index in [1.807, 2.05) is 0 Å². The van der Waals surface area contributed by atoms with Gasteiger partial charge in [0.1, 0.15) is 21.9 Å². The minimum Gasteiger partial charge on any atom is -0.497 e. The van der Waals surface area contributed by atoms with Crippen LogP contribution >= 0.6 is 11.3 Å². The van der Waals surface area contributed by atoms with Gasteiger partial charge in [0.15, 0.2) is 0 Å². The van der Waals surface area contributed by atoms with Crippen molar-refractivity contribution in [2.75, 3.05) is 19.5 Å². The fraction of sp³-hybridized carbons (Fsp3) is 0.400. The third-order valence-electron chi connectivity index (χ3n) is 6.29. The first kappa shape index (κ1) is 23.0. The minimum atomic E-state index is -0.751. The molecule has 0 aliphatic heterocycles. The number of rotatable bonds is 4. The molecular formula is C25H27NO6S. The summed E-state index contributed by atoms with van der Waals surface area (Å²) in [4.78, 5) is 39.3. The number of carbonyl (C=O) groups excluding carboxylic acids is 2. The van der Waals surface area contributed by atoms with E-state index in [9.17, 15) is 14.4 Å². The molecule has 0 saturated carbocycles. The van der Waals surface area contributed by atoms with Gasteiger partial charge in [0, 0.05) is 10.3 Å².